The van der Waals surface area contributed by atoms with Crippen molar-refractivity contribution in [3.63, 3.8) is 0 Å². The second-order valence-corrected chi connectivity index (χ2v) is 9.61. The average molecular weight is 510 g/mol. The number of nitrogen functional groups attached to an aromatic ring is 1. The molecule has 0 aliphatic rings. The van der Waals surface area contributed by atoms with Gasteiger partial charge in [-0.2, -0.15) is 9.97 Å². The van der Waals surface area contributed by atoms with Crippen LogP contribution in [0.1, 0.15) is 31.9 Å². The van der Waals surface area contributed by atoms with Crippen LogP contribution in [-0.2, 0) is 36.3 Å². The van der Waals surface area contributed by atoms with E-state index in [-0.39, 0.29) is 42.9 Å². The highest BCUT2D eigenvalue weighted by atomic mass is 31.2. The summed E-state index contributed by atoms with van der Waals surface area (Å²) in [7, 11) is -0.279. The maximum Gasteiger partial charge on any atom is 0.320 e. The number of anilines is 3. The number of ether oxygens (including phenoxy) is 3. The number of benzene rings is 1. The molecule has 1 amide bonds. The second-order valence-electron chi connectivity index (χ2n) is 8.33. The fourth-order valence-corrected chi connectivity index (χ4v) is 3.42. The Bertz CT molecular complexity index is 987. The molecule has 1 aromatic heterocycles. The third kappa shape index (κ3) is 9.61. The van der Waals surface area contributed by atoms with Crippen LogP contribution in [0.4, 0.5) is 17.3 Å². The Morgan fingerprint density at radius 1 is 1.23 bits per heavy atom. The van der Waals surface area contributed by atoms with Gasteiger partial charge in [0.1, 0.15) is 12.3 Å². The van der Waals surface area contributed by atoms with Gasteiger partial charge < -0.3 is 35.5 Å². The summed E-state index contributed by atoms with van der Waals surface area (Å²) >= 11 is 0. The van der Waals surface area contributed by atoms with Crippen LogP contribution in [0.5, 0.6) is 6.01 Å². The van der Waals surface area contributed by atoms with E-state index in [0.717, 1.165) is 11.1 Å². The molecular weight excluding hydrogens is 477 g/mol. The molecule has 192 valence electrons. The van der Waals surface area contributed by atoms with Crippen molar-refractivity contribution in [3.05, 3.63) is 35.4 Å². The molecule has 1 unspecified atom stereocenters. The normalized spacial score (nSPS) is 12.0. The topological polar surface area (TPSA) is 167 Å². The van der Waals surface area contributed by atoms with Crippen LogP contribution in [-0.4, -0.2) is 54.4 Å². The Morgan fingerprint density at radius 3 is 2.66 bits per heavy atom. The number of amides is 1. The Hall–Kier alpha value is -3.05. The number of carbonyl (C=O) groups excluding carboxylic acids is 2. The zero-order valence-corrected chi connectivity index (χ0v) is 21.1. The van der Waals surface area contributed by atoms with E-state index in [2.05, 4.69) is 20.6 Å². The monoisotopic (exact) mass is 509 g/mol. The summed E-state index contributed by atoms with van der Waals surface area (Å²) in [5.41, 5.74) is 7.24. The summed E-state index contributed by atoms with van der Waals surface area (Å²) in [6.45, 7) is 5.82. The molecule has 0 fully saturated rings. The van der Waals surface area contributed by atoms with E-state index in [1.165, 1.54) is 0 Å². The molecule has 2 aromatic rings. The lowest BCUT2D eigenvalue weighted by Crippen LogP contribution is -2.23. The van der Waals surface area contributed by atoms with Gasteiger partial charge in [0.05, 0.1) is 12.0 Å². The van der Waals surface area contributed by atoms with E-state index in [1.807, 2.05) is 24.3 Å². The van der Waals surface area contributed by atoms with Gasteiger partial charge in [-0.25, -0.2) is 0 Å². The second kappa shape index (κ2) is 13.7. The number of hydrogen-bond acceptors (Lipinski definition) is 11. The van der Waals surface area contributed by atoms with Gasteiger partial charge >= 0.3 is 12.0 Å². The van der Waals surface area contributed by atoms with Crippen LogP contribution in [0.2, 0.25) is 0 Å². The van der Waals surface area contributed by atoms with E-state index < -0.39 is 19.8 Å². The molecule has 13 heteroatoms. The number of hydrogen-bond donors (Lipinski definition) is 4. The average Bonchev–Trinajstić information content (AvgIpc) is 2.79. The number of nitrogens with one attached hydrogen (secondary N) is 2. The van der Waals surface area contributed by atoms with Crippen LogP contribution in [0.15, 0.2) is 24.3 Å². The molecule has 0 aliphatic carbocycles. The van der Waals surface area contributed by atoms with Crippen molar-refractivity contribution < 1.29 is 33.2 Å². The summed E-state index contributed by atoms with van der Waals surface area (Å²) in [6, 6.07) is 7.50. The van der Waals surface area contributed by atoms with Gasteiger partial charge in [-0.3, -0.25) is 14.1 Å². The van der Waals surface area contributed by atoms with Crippen LogP contribution in [0.25, 0.3) is 0 Å². The highest BCUT2D eigenvalue weighted by molar-refractivity contribution is 7.45. The first-order valence-corrected chi connectivity index (χ1v) is 12.1. The van der Waals surface area contributed by atoms with E-state index in [4.69, 9.17) is 24.5 Å². The van der Waals surface area contributed by atoms with Crippen LogP contribution in [0, 0.1) is 5.41 Å². The van der Waals surface area contributed by atoms with Crippen LogP contribution >= 0.6 is 8.38 Å². The lowest BCUT2D eigenvalue weighted by atomic mass is 9.98. The summed E-state index contributed by atoms with van der Waals surface area (Å²) in [5.74, 6) is -0.0724. The Labute approximate surface area is 205 Å². The molecule has 5 N–H and O–H groups in total. The smallest absolute Gasteiger partial charge is 0.320 e. The fraction of sp³-hybridized carbons (Fsp3) is 0.455. The minimum atomic E-state index is -1.83. The molecule has 0 aliphatic heterocycles. The number of rotatable bonds is 14. The molecule has 1 atom stereocenters. The van der Waals surface area contributed by atoms with Crippen molar-refractivity contribution in [1.29, 1.82) is 0 Å². The highest BCUT2D eigenvalue weighted by Gasteiger charge is 2.23. The summed E-state index contributed by atoms with van der Waals surface area (Å²) in [5, 5.41) is 5.61. The third-order valence-electron chi connectivity index (χ3n) is 4.41. The zero-order valence-electron chi connectivity index (χ0n) is 20.2. The number of nitrogens with two attached hydrogens (primary N) is 1. The molecule has 0 bridgehead atoms. The van der Waals surface area contributed by atoms with Crippen LogP contribution < -0.4 is 21.1 Å². The van der Waals surface area contributed by atoms with Gasteiger partial charge in [0, 0.05) is 19.8 Å². The summed E-state index contributed by atoms with van der Waals surface area (Å²) in [4.78, 5) is 41.3. The standard InChI is InChI=1S/C22H32N5O7P/c1-22(2,3)20(29)33-14-34-35(30)12-16-7-5-6-15(10-16)11-24-19-17(25-13-28)18(23)26-21(27-19)32-9-8-31-4/h5-7,10,13,30H,8-9,11-12,14H2,1-4H3,(H,25,28)(H3,23,24,26,27). The number of methoxy groups -OCH3 is 1. The Balaban J connectivity index is 1.99. The van der Waals surface area contributed by atoms with Gasteiger partial charge in [-0.05, 0) is 31.9 Å². The van der Waals surface area contributed by atoms with Gasteiger partial charge in [0.15, 0.2) is 26.8 Å². The Morgan fingerprint density at radius 2 is 1.97 bits per heavy atom. The zero-order chi connectivity index (χ0) is 25.8. The van der Waals surface area contributed by atoms with E-state index in [9.17, 15) is 14.5 Å². The van der Waals surface area contributed by atoms with Crippen molar-refractivity contribution in [3.8, 4) is 6.01 Å². The van der Waals surface area contributed by atoms with Crippen molar-refractivity contribution in [2.45, 2.75) is 33.5 Å². The molecule has 2 rings (SSSR count). The first kappa shape index (κ1) is 28.2. The molecule has 0 spiro atoms. The number of carbonyl (C=O) groups is 2. The fourth-order valence-electron chi connectivity index (χ4n) is 2.65. The van der Waals surface area contributed by atoms with Crippen molar-refractivity contribution in [1.82, 2.24) is 9.97 Å². The van der Waals surface area contributed by atoms with Crippen molar-refractivity contribution in [2.75, 3.05) is 43.5 Å². The van der Waals surface area contributed by atoms with Crippen LogP contribution in [0.3, 0.4) is 0 Å². The molecule has 12 nitrogen and oxygen atoms in total. The molecule has 1 heterocycles. The van der Waals surface area contributed by atoms with Gasteiger partial charge in [-0.1, -0.05) is 24.3 Å². The summed E-state index contributed by atoms with van der Waals surface area (Å²) in [6.07, 6.45) is 0.737. The minimum Gasteiger partial charge on any atom is -0.461 e. The lowest BCUT2D eigenvalue weighted by Gasteiger charge is -2.17. The van der Waals surface area contributed by atoms with E-state index in [0.29, 0.717) is 19.6 Å². The van der Waals surface area contributed by atoms with Gasteiger partial charge in [0.25, 0.3) is 0 Å². The molecule has 1 aromatic carbocycles. The quantitative estimate of drug-likeness (QED) is 0.0971. The predicted molar refractivity (Wildman–Crippen MR) is 132 cm³/mol. The van der Waals surface area contributed by atoms with Crippen molar-refractivity contribution in [2.24, 2.45) is 5.41 Å². The molecule has 0 saturated carbocycles. The largest absolute Gasteiger partial charge is 0.461 e. The first-order valence-electron chi connectivity index (χ1n) is 10.7. The SMILES string of the molecule is COCCOc1nc(N)c(NC=O)c(NCc2cccc(CP(O)OCOC(=O)C(C)(C)C)c2)n1. The summed E-state index contributed by atoms with van der Waals surface area (Å²) < 4.78 is 20.6. The highest BCUT2D eigenvalue weighted by Crippen LogP contribution is 2.36. The van der Waals surface area contributed by atoms with Gasteiger partial charge in [0.2, 0.25) is 6.41 Å². The first-order chi connectivity index (χ1) is 16.6. The molecule has 0 radical (unpaired) electrons. The molecule has 0 saturated heterocycles. The maximum absolute atomic E-state index is 11.8. The number of esters is 1. The predicted octanol–water partition coefficient (Wildman–Crippen LogP) is 2.63. The molecule has 35 heavy (non-hydrogen) atoms. The Kier molecular flexibility index (Phi) is 11.1. The maximum atomic E-state index is 11.8. The van der Waals surface area contributed by atoms with E-state index >= 15 is 0 Å². The lowest BCUT2D eigenvalue weighted by molar-refractivity contribution is -0.159. The third-order valence-corrected chi connectivity index (χ3v) is 5.45. The van der Waals surface area contributed by atoms with Gasteiger partial charge in [-0.15, -0.1) is 0 Å². The van der Waals surface area contributed by atoms with E-state index in [1.54, 1.807) is 27.9 Å². The molecular formula is C22H32N5O7P. The number of nitrogens with zero attached hydrogens (tertiary/aromatic N) is 2. The van der Waals surface area contributed by atoms with Crippen molar-refractivity contribution >= 4 is 38.1 Å². The minimum absolute atomic E-state index is 0.0440. The number of aromatic nitrogens is 2.